The SMILES string of the molecule is C=C(C)COCCNC(=O)c1ccc(OC)c(OCC)c1. The number of hydrogen-bond donors (Lipinski definition) is 1. The molecule has 1 N–H and O–H groups in total. The smallest absolute Gasteiger partial charge is 0.251 e. The van der Waals surface area contributed by atoms with Crippen molar-refractivity contribution in [3.8, 4) is 11.5 Å². The van der Waals surface area contributed by atoms with Gasteiger partial charge in [0.2, 0.25) is 0 Å². The largest absolute Gasteiger partial charge is 0.493 e. The lowest BCUT2D eigenvalue weighted by Gasteiger charge is -2.11. The third kappa shape index (κ3) is 5.87. The van der Waals surface area contributed by atoms with E-state index in [0.717, 1.165) is 5.57 Å². The van der Waals surface area contributed by atoms with E-state index in [1.165, 1.54) is 0 Å². The summed E-state index contributed by atoms with van der Waals surface area (Å²) in [4.78, 5) is 12.0. The van der Waals surface area contributed by atoms with Crippen molar-refractivity contribution in [3.63, 3.8) is 0 Å². The number of hydrogen-bond acceptors (Lipinski definition) is 4. The van der Waals surface area contributed by atoms with Gasteiger partial charge in [-0.2, -0.15) is 0 Å². The number of benzene rings is 1. The van der Waals surface area contributed by atoms with E-state index in [1.807, 2.05) is 13.8 Å². The van der Waals surface area contributed by atoms with E-state index in [2.05, 4.69) is 11.9 Å². The predicted molar refractivity (Wildman–Crippen MR) is 82.1 cm³/mol. The Morgan fingerprint density at radius 2 is 2.10 bits per heavy atom. The van der Waals surface area contributed by atoms with Gasteiger partial charge in [0.05, 0.1) is 26.9 Å². The molecule has 0 spiro atoms. The predicted octanol–water partition coefficient (Wildman–Crippen LogP) is 2.42. The molecule has 0 aliphatic carbocycles. The summed E-state index contributed by atoms with van der Waals surface area (Å²) in [6.45, 7) is 9.43. The van der Waals surface area contributed by atoms with Crippen LogP contribution in [0, 0.1) is 0 Å². The second-order valence-corrected chi connectivity index (χ2v) is 4.56. The maximum Gasteiger partial charge on any atom is 0.251 e. The Morgan fingerprint density at radius 1 is 1.33 bits per heavy atom. The number of nitrogens with one attached hydrogen (secondary N) is 1. The molecule has 0 saturated heterocycles. The lowest BCUT2D eigenvalue weighted by atomic mass is 10.2. The van der Waals surface area contributed by atoms with Crippen molar-refractivity contribution < 1.29 is 19.0 Å². The van der Waals surface area contributed by atoms with E-state index in [1.54, 1.807) is 25.3 Å². The first-order chi connectivity index (χ1) is 10.1. The highest BCUT2D eigenvalue weighted by atomic mass is 16.5. The fourth-order valence-corrected chi connectivity index (χ4v) is 1.67. The molecule has 1 amide bonds. The maximum atomic E-state index is 12.0. The molecule has 0 heterocycles. The molecule has 0 aliphatic heterocycles. The first kappa shape index (κ1) is 17.0. The molecule has 1 aromatic carbocycles. The molecular weight excluding hydrogens is 270 g/mol. The third-order valence-electron chi connectivity index (χ3n) is 2.61. The Kier molecular flexibility index (Phi) is 7.32. The summed E-state index contributed by atoms with van der Waals surface area (Å²) in [7, 11) is 1.57. The minimum Gasteiger partial charge on any atom is -0.493 e. The number of rotatable bonds is 9. The highest BCUT2D eigenvalue weighted by Crippen LogP contribution is 2.27. The van der Waals surface area contributed by atoms with Crippen LogP contribution in [0.2, 0.25) is 0 Å². The van der Waals surface area contributed by atoms with Crippen LogP contribution in [-0.2, 0) is 4.74 Å². The Labute approximate surface area is 125 Å². The van der Waals surface area contributed by atoms with Gasteiger partial charge in [-0.1, -0.05) is 12.2 Å². The fraction of sp³-hybridized carbons (Fsp3) is 0.438. The van der Waals surface area contributed by atoms with Crippen LogP contribution >= 0.6 is 0 Å². The molecule has 1 rings (SSSR count). The van der Waals surface area contributed by atoms with E-state index >= 15 is 0 Å². The van der Waals surface area contributed by atoms with Gasteiger partial charge >= 0.3 is 0 Å². The third-order valence-corrected chi connectivity index (χ3v) is 2.61. The normalized spacial score (nSPS) is 10.0. The molecule has 21 heavy (non-hydrogen) atoms. The van der Waals surface area contributed by atoms with Crippen LogP contribution in [0.4, 0.5) is 0 Å². The van der Waals surface area contributed by atoms with Crippen molar-refractivity contribution >= 4 is 5.91 Å². The van der Waals surface area contributed by atoms with Crippen LogP contribution in [0.3, 0.4) is 0 Å². The topological polar surface area (TPSA) is 56.8 Å². The molecule has 0 aliphatic rings. The highest BCUT2D eigenvalue weighted by molar-refractivity contribution is 5.94. The van der Waals surface area contributed by atoms with Gasteiger partial charge in [-0.3, -0.25) is 4.79 Å². The number of methoxy groups -OCH3 is 1. The minimum absolute atomic E-state index is 0.169. The first-order valence-corrected chi connectivity index (χ1v) is 6.89. The molecule has 0 atom stereocenters. The molecule has 0 bridgehead atoms. The molecule has 0 unspecified atom stereocenters. The standard InChI is InChI=1S/C16H23NO4/c1-5-21-15-10-13(6-7-14(15)19-4)16(18)17-8-9-20-11-12(2)3/h6-7,10H,2,5,8-9,11H2,1,3-4H3,(H,17,18). The highest BCUT2D eigenvalue weighted by Gasteiger charge is 2.10. The van der Waals surface area contributed by atoms with Crippen LogP contribution in [0.5, 0.6) is 11.5 Å². The zero-order valence-corrected chi connectivity index (χ0v) is 12.9. The second kappa shape index (κ2) is 9.02. The van der Waals surface area contributed by atoms with E-state index in [9.17, 15) is 4.79 Å². The molecule has 5 heteroatoms. The summed E-state index contributed by atoms with van der Waals surface area (Å²) < 4.78 is 16.0. The zero-order chi connectivity index (χ0) is 15.7. The number of amides is 1. The maximum absolute atomic E-state index is 12.0. The monoisotopic (exact) mass is 293 g/mol. The van der Waals surface area contributed by atoms with Gasteiger partial charge < -0.3 is 19.5 Å². The van der Waals surface area contributed by atoms with Gasteiger partial charge in [0.1, 0.15) is 0 Å². The Hall–Kier alpha value is -2.01. The lowest BCUT2D eigenvalue weighted by Crippen LogP contribution is -2.27. The van der Waals surface area contributed by atoms with Gasteiger partial charge in [-0.15, -0.1) is 0 Å². The fourth-order valence-electron chi connectivity index (χ4n) is 1.67. The van der Waals surface area contributed by atoms with Gasteiger partial charge in [-0.05, 0) is 32.0 Å². The average Bonchev–Trinajstić information content (AvgIpc) is 2.46. The summed E-state index contributed by atoms with van der Waals surface area (Å²) in [5.74, 6) is 1.00. The van der Waals surface area contributed by atoms with E-state index in [-0.39, 0.29) is 5.91 Å². The van der Waals surface area contributed by atoms with E-state index < -0.39 is 0 Å². The van der Waals surface area contributed by atoms with Crippen LogP contribution < -0.4 is 14.8 Å². The van der Waals surface area contributed by atoms with Gasteiger partial charge in [0, 0.05) is 12.1 Å². The van der Waals surface area contributed by atoms with Crippen LogP contribution in [0.15, 0.2) is 30.4 Å². The van der Waals surface area contributed by atoms with Crippen LogP contribution in [0.1, 0.15) is 24.2 Å². The molecule has 0 aromatic heterocycles. The summed E-state index contributed by atoms with van der Waals surface area (Å²) >= 11 is 0. The summed E-state index contributed by atoms with van der Waals surface area (Å²) in [6, 6.07) is 5.09. The van der Waals surface area contributed by atoms with Crippen molar-refractivity contribution in [3.05, 3.63) is 35.9 Å². The molecule has 0 radical (unpaired) electrons. The van der Waals surface area contributed by atoms with Gasteiger partial charge in [0.15, 0.2) is 11.5 Å². The quantitative estimate of drug-likeness (QED) is 0.561. The molecule has 0 saturated carbocycles. The van der Waals surface area contributed by atoms with Crippen molar-refractivity contribution in [1.29, 1.82) is 0 Å². The zero-order valence-electron chi connectivity index (χ0n) is 12.9. The number of carbonyl (C=O) groups is 1. The minimum atomic E-state index is -0.169. The van der Waals surface area contributed by atoms with Crippen LogP contribution in [0.25, 0.3) is 0 Å². The first-order valence-electron chi connectivity index (χ1n) is 6.89. The van der Waals surface area contributed by atoms with Gasteiger partial charge in [-0.25, -0.2) is 0 Å². The molecule has 116 valence electrons. The molecule has 1 aromatic rings. The Balaban J connectivity index is 2.53. The molecule has 5 nitrogen and oxygen atoms in total. The number of ether oxygens (including phenoxy) is 3. The van der Waals surface area contributed by atoms with E-state index in [4.69, 9.17) is 14.2 Å². The molecule has 0 fully saturated rings. The Bertz CT molecular complexity index is 485. The molecular formula is C16H23NO4. The lowest BCUT2D eigenvalue weighted by molar-refractivity contribution is 0.0926. The van der Waals surface area contributed by atoms with Crippen molar-refractivity contribution in [2.75, 3.05) is 33.5 Å². The van der Waals surface area contributed by atoms with Crippen molar-refractivity contribution in [2.24, 2.45) is 0 Å². The number of carbonyl (C=O) groups excluding carboxylic acids is 1. The summed E-state index contributed by atoms with van der Waals surface area (Å²) in [6.07, 6.45) is 0. The summed E-state index contributed by atoms with van der Waals surface area (Å²) in [5.41, 5.74) is 1.48. The van der Waals surface area contributed by atoms with E-state index in [0.29, 0.717) is 43.4 Å². The van der Waals surface area contributed by atoms with Crippen molar-refractivity contribution in [2.45, 2.75) is 13.8 Å². The Morgan fingerprint density at radius 3 is 2.71 bits per heavy atom. The second-order valence-electron chi connectivity index (χ2n) is 4.56. The average molecular weight is 293 g/mol. The summed E-state index contributed by atoms with van der Waals surface area (Å²) in [5, 5.41) is 2.79. The van der Waals surface area contributed by atoms with Gasteiger partial charge in [0.25, 0.3) is 5.91 Å². The van der Waals surface area contributed by atoms with Crippen LogP contribution in [-0.4, -0.2) is 39.4 Å². The van der Waals surface area contributed by atoms with Crippen molar-refractivity contribution in [1.82, 2.24) is 5.32 Å².